The van der Waals surface area contributed by atoms with E-state index in [4.69, 9.17) is 5.73 Å². The SMILES string of the molecule is Cc1ccc(N(C)C(CN)c2cncn2C(C)C)cc1. The van der Waals surface area contributed by atoms with Crippen molar-refractivity contribution in [1.29, 1.82) is 0 Å². The van der Waals surface area contributed by atoms with Gasteiger partial charge in [0.05, 0.1) is 24.3 Å². The molecular weight excluding hydrogens is 248 g/mol. The quantitative estimate of drug-likeness (QED) is 0.910. The molecule has 1 atom stereocenters. The molecule has 0 saturated heterocycles. The first kappa shape index (κ1) is 14.6. The highest BCUT2D eigenvalue weighted by Gasteiger charge is 2.20. The van der Waals surface area contributed by atoms with Crippen molar-refractivity contribution in [3.8, 4) is 0 Å². The molecule has 2 aromatic rings. The summed E-state index contributed by atoms with van der Waals surface area (Å²) in [5.74, 6) is 0. The molecule has 0 spiro atoms. The van der Waals surface area contributed by atoms with Crippen LogP contribution in [0.5, 0.6) is 0 Å². The van der Waals surface area contributed by atoms with Crippen molar-refractivity contribution < 1.29 is 0 Å². The zero-order chi connectivity index (χ0) is 14.7. The van der Waals surface area contributed by atoms with Crippen LogP contribution in [-0.4, -0.2) is 23.1 Å². The van der Waals surface area contributed by atoms with Crippen LogP contribution < -0.4 is 10.6 Å². The molecule has 0 bridgehead atoms. The minimum atomic E-state index is 0.127. The predicted molar refractivity (Wildman–Crippen MR) is 84.0 cm³/mol. The van der Waals surface area contributed by atoms with Gasteiger partial charge in [0.15, 0.2) is 0 Å². The molecule has 1 aromatic carbocycles. The number of nitrogens with two attached hydrogens (primary N) is 1. The van der Waals surface area contributed by atoms with Crippen LogP contribution in [0.1, 0.15) is 37.2 Å². The molecule has 2 N–H and O–H groups in total. The third kappa shape index (κ3) is 2.85. The Morgan fingerprint density at radius 1 is 1.25 bits per heavy atom. The van der Waals surface area contributed by atoms with Gasteiger partial charge in [-0.15, -0.1) is 0 Å². The number of aryl methyl sites for hydroxylation is 1. The van der Waals surface area contributed by atoms with Crippen LogP contribution in [0.25, 0.3) is 0 Å². The van der Waals surface area contributed by atoms with Crippen LogP contribution in [0.4, 0.5) is 5.69 Å². The fraction of sp³-hybridized carbons (Fsp3) is 0.438. The topological polar surface area (TPSA) is 47.1 Å². The highest BCUT2D eigenvalue weighted by molar-refractivity contribution is 5.48. The molecule has 0 amide bonds. The molecule has 4 heteroatoms. The standard InChI is InChI=1S/C16H24N4/c1-12(2)20-11-18-10-16(20)15(9-17)19(4)14-7-5-13(3)6-8-14/h5-8,10-12,15H,9,17H2,1-4H3. The first-order chi connectivity index (χ1) is 9.54. The van der Waals surface area contributed by atoms with E-state index >= 15 is 0 Å². The summed E-state index contributed by atoms with van der Waals surface area (Å²) in [6.07, 6.45) is 3.80. The number of rotatable bonds is 5. The van der Waals surface area contributed by atoms with Crippen molar-refractivity contribution >= 4 is 5.69 Å². The monoisotopic (exact) mass is 272 g/mol. The maximum atomic E-state index is 6.02. The number of imidazole rings is 1. The molecule has 2 rings (SSSR count). The highest BCUT2D eigenvalue weighted by Crippen LogP contribution is 2.26. The summed E-state index contributed by atoms with van der Waals surface area (Å²) in [6, 6.07) is 9.02. The van der Waals surface area contributed by atoms with Gasteiger partial charge in [-0.2, -0.15) is 0 Å². The fourth-order valence-corrected chi connectivity index (χ4v) is 2.44. The number of anilines is 1. The molecule has 108 valence electrons. The van der Waals surface area contributed by atoms with E-state index in [1.54, 1.807) is 0 Å². The van der Waals surface area contributed by atoms with Gasteiger partial charge in [-0.3, -0.25) is 0 Å². The minimum Gasteiger partial charge on any atom is -0.365 e. The van der Waals surface area contributed by atoms with Gasteiger partial charge in [-0.25, -0.2) is 4.98 Å². The van der Waals surface area contributed by atoms with Crippen LogP contribution in [-0.2, 0) is 0 Å². The maximum absolute atomic E-state index is 6.02. The largest absolute Gasteiger partial charge is 0.365 e. The summed E-state index contributed by atoms with van der Waals surface area (Å²) in [5.41, 5.74) is 9.61. The third-order valence-corrected chi connectivity index (χ3v) is 3.73. The van der Waals surface area contributed by atoms with Gasteiger partial charge in [0.2, 0.25) is 0 Å². The smallest absolute Gasteiger partial charge is 0.0951 e. The number of nitrogens with zero attached hydrogens (tertiary/aromatic N) is 3. The molecule has 1 aromatic heterocycles. The minimum absolute atomic E-state index is 0.127. The average Bonchev–Trinajstić information content (AvgIpc) is 2.89. The lowest BCUT2D eigenvalue weighted by Gasteiger charge is -2.30. The van der Waals surface area contributed by atoms with Crippen LogP contribution in [0.15, 0.2) is 36.8 Å². The lowest BCUT2D eigenvalue weighted by Crippen LogP contribution is -2.32. The number of benzene rings is 1. The van der Waals surface area contributed by atoms with E-state index in [9.17, 15) is 0 Å². The van der Waals surface area contributed by atoms with E-state index in [2.05, 4.69) is 66.5 Å². The Balaban J connectivity index is 2.31. The maximum Gasteiger partial charge on any atom is 0.0951 e. The van der Waals surface area contributed by atoms with Crippen molar-refractivity contribution in [2.45, 2.75) is 32.9 Å². The van der Waals surface area contributed by atoms with Crippen LogP contribution >= 0.6 is 0 Å². The first-order valence-electron chi connectivity index (χ1n) is 7.06. The second-order valence-electron chi connectivity index (χ2n) is 5.52. The zero-order valence-electron chi connectivity index (χ0n) is 12.7. The summed E-state index contributed by atoms with van der Waals surface area (Å²) < 4.78 is 2.18. The molecule has 0 fully saturated rings. The molecule has 0 aliphatic rings. The van der Waals surface area contributed by atoms with E-state index < -0.39 is 0 Å². The Bertz CT molecular complexity index is 542. The molecule has 1 unspecified atom stereocenters. The van der Waals surface area contributed by atoms with E-state index in [1.807, 2.05) is 12.5 Å². The van der Waals surface area contributed by atoms with Gasteiger partial charge in [0.25, 0.3) is 0 Å². The summed E-state index contributed by atoms with van der Waals surface area (Å²) in [5, 5.41) is 0. The fourth-order valence-electron chi connectivity index (χ4n) is 2.44. The van der Waals surface area contributed by atoms with Gasteiger partial charge < -0.3 is 15.2 Å². The molecule has 0 saturated carbocycles. The van der Waals surface area contributed by atoms with Crippen LogP contribution in [0, 0.1) is 6.92 Å². The molecule has 0 aliphatic carbocycles. The summed E-state index contributed by atoms with van der Waals surface area (Å²) >= 11 is 0. The molecular formula is C16H24N4. The number of hydrogen-bond donors (Lipinski definition) is 1. The van der Waals surface area contributed by atoms with E-state index in [0.717, 1.165) is 5.69 Å². The molecule has 20 heavy (non-hydrogen) atoms. The van der Waals surface area contributed by atoms with Gasteiger partial charge in [-0.05, 0) is 32.9 Å². The molecule has 0 aliphatic heterocycles. The number of likely N-dealkylation sites (N-methyl/N-ethyl adjacent to an activating group) is 1. The van der Waals surface area contributed by atoms with Crippen molar-refractivity contribution in [3.63, 3.8) is 0 Å². The normalized spacial score (nSPS) is 12.7. The highest BCUT2D eigenvalue weighted by atomic mass is 15.2. The summed E-state index contributed by atoms with van der Waals surface area (Å²) in [6.45, 7) is 6.97. The van der Waals surface area contributed by atoms with Crippen LogP contribution in [0.2, 0.25) is 0 Å². The predicted octanol–water partition coefficient (Wildman–Crippen LogP) is 2.91. The molecule has 4 nitrogen and oxygen atoms in total. The molecule has 0 radical (unpaired) electrons. The Kier molecular flexibility index (Phi) is 4.45. The van der Waals surface area contributed by atoms with Crippen molar-refractivity contribution in [2.75, 3.05) is 18.5 Å². The summed E-state index contributed by atoms with van der Waals surface area (Å²) in [4.78, 5) is 6.50. The lowest BCUT2D eigenvalue weighted by molar-refractivity contribution is 0.533. The second-order valence-corrected chi connectivity index (χ2v) is 5.52. The third-order valence-electron chi connectivity index (χ3n) is 3.73. The molecule has 1 heterocycles. The second kappa shape index (κ2) is 6.09. The Labute approximate surface area is 121 Å². The van der Waals surface area contributed by atoms with Crippen LogP contribution in [0.3, 0.4) is 0 Å². The number of aromatic nitrogens is 2. The first-order valence-corrected chi connectivity index (χ1v) is 7.06. The summed E-state index contributed by atoms with van der Waals surface area (Å²) in [7, 11) is 2.08. The Morgan fingerprint density at radius 3 is 2.45 bits per heavy atom. The van der Waals surface area contributed by atoms with Gasteiger partial charge >= 0.3 is 0 Å². The van der Waals surface area contributed by atoms with E-state index in [0.29, 0.717) is 12.6 Å². The van der Waals surface area contributed by atoms with E-state index in [1.165, 1.54) is 11.3 Å². The van der Waals surface area contributed by atoms with E-state index in [-0.39, 0.29) is 6.04 Å². The Hall–Kier alpha value is -1.81. The van der Waals surface area contributed by atoms with Gasteiger partial charge in [0, 0.05) is 25.3 Å². The lowest BCUT2D eigenvalue weighted by atomic mass is 10.1. The van der Waals surface area contributed by atoms with Crippen molar-refractivity contribution in [2.24, 2.45) is 5.73 Å². The van der Waals surface area contributed by atoms with Gasteiger partial charge in [0.1, 0.15) is 0 Å². The van der Waals surface area contributed by atoms with Crippen molar-refractivity contribution in [1.82, 2.24) is 9.55 Å². The average molecular weight is 272 g/mol. The van der Waals surface area contributed by atoms with Crippen molar-refractivity contribution in [3.05, 3.63) is 48.0 Å². The zero-order valence-corrected chi connectivity index (χ0v) is 12.7. The van der Waals surface area contributed by atoms with Gasteiger partial charge in [-0.1, -0.05) is 17.7 Å². The Morgan fingerprint density at radius 2 is 1.90 bits per heavy atom. The number of hydrogen-bond acceptors (Lipinski definition) is 3.